The van der Waals surface area contributed by atoms with Gasteiger partial charge in [-0.05, 0) is 87.3 Å². The van der Waals surface area contributed by atoms with Crippen LogP contribution >= 0.6 is 0 Å². The average Bonchev–Trinajstić information content (AvgIpc) is 3.37. The van der Waals surface area contributed by atoms with Gasteiger partial charge < -0.3 is 25.2 Å². The zero-order chi connectivity index (χ0) is 36.5. The molecule has 4 rings (SSSR count). The standard InChI is InChI=1S/C35H51F3N4O7S/c1-25-21-27(32(45)41-16-10-29(11-17-41)49-24-28(44)23-43)22-26(2)30(25)12-20-50(47,48)42-18-14-34(15-19-42)33(46)39-31(40-34)9-7-5-3-4-6-8-13-35(36,37)38/h12,20-22,28-29,43-44H,3-11,13-19,23-24H2,1-2H3,(H,39,40,46)/b20-12+/t28-/m1/s1. The van der Waals surface area contributed by atoms with E-state index in [1.54, 1.807) is 23.1 Å². The Bertz CT molecular complexity index is 1480. The molecule has 1 aromatic rings. The lowest BCUT2D eigenvalue weighted by Crippen LogP contribution is -2.50. The van der Waals surface area contributed by atoms with E-state index in [4.69, 9.17) is 9.84 Å². The summed E-state index contributed by atoms with van der Waals surface area (Å²) in [6.07, 6.45) is 1.87. The molecule has 0 radical (unpaired) electrons. The number of benzene rings is 1. The van der Waals surface area contributed by atoms with Gasteiger partial charge in [0, 0.05) is 50.0 Å². The van der Waals surface area contributed by atoms with Gasteiger partial charge in [-0.2, -0.15) is 17.5 Å². The highest BCUT2D eigenvalue weighted by Crippen LogP contribution is 2.32. The number of aryl methyl sites for hydroxylation is 2. The first-order chi connectivity index (χ1) is 23.6. The summed E-state index contributed by atoms with van der Waals surface area (Å²) in [4.78, 5) is 32.6. The van der Waals surface area contributed by atoms with Gasteiger partial charge >= 0.3 is 6.18 Å². The molecule has 1 spiro atoms. The fourth-order valence-corrected chi connectivity index (χ4v) is 7.96. The van der Waals surface area contributed by atoms with E-state index >= 15 is 0 Å². The van der Waals surface area contributed by atoms with Crippen molar-refractivity contribution in [2.24, 2.45) is 4.99 Å². The fourth-order valence-electron chi connectivity index (χ4n) is 6.79. The molecule has 11 nitrogen and oxygen atoms in total. The van der Waals surface area contributed by atoms with Crippen molar-refractivity contribution in [2.45, 2.75) is 115 Å². The molecule has 280 valence electrons. The normalized spacial score (nSPS) is 19.7. The summed E-state index contributed by atoms with van der Waals surface area (Å²) in [5.41, 5.74) is 1.77. The maximum atomic E-state index is 13.3. The third-order valence-electron chi connectivity index (χ3n) is 9.77. The molecule has 15 heteroatoms. The van der Waals surface area contributed by atoms with Crippen molar-refractivity contribution < 1.29 is 46.1 Å². The summed E-state index contributed by atoms with van der Waals surface area (Å²) in [5, 5.41) is 22.5. The Morgan fingerprint density at radius 2 is 1.66 bits per heavy atom. The van der Waals surface area contributed by atoms with E-state index in [9.17, 15) is 36.3 Å². The van der Waals surface area contributed by atoms with Gasteiger partial charge in [0.15, 0.2) is 0 Å². The third-order valence-corrected chi connectivity index (χ3v) is 11.3. The summed E-state index contributed by atoms with van der Waals surface area (Å²) in [6, 6.07) is 3.53. The Morgan fingerprint density at radius 1 is 1.06 bits per heavy atom. The minimum atomic E-state index is -4.10. The lowest BCUT2D eigenvalue weighted by atomic mass is 9.89. The van der Waals surface area contributed by atoms with E-state index in [1.807, 2.05) is 13.8 Å². The van der Waals surface area contributed by atoms with E-state index < -0.39 is 34.3 Å². The number of piperidine rings is 2. The number of nitrogens with zero attached hydrogens (tertiary/aromatic N) is 3. The molecule has 3 N–H and O–H groups in total. The third kappa shape index (κ3) is 11.1. The van der Waals surface area contributed by atoms with E-state index in [0.29, 0.717) is 55.7 Å². The number of rotatable bonds is 16. The van der Waals surface area contributed by atoms with Crippen LogP contribution in [0.2, 0.25) is 0 Å². The summed E-state index contributed by atoms with van der Waals surface area (Å²) in [5.74, 6) is 0.254. The van der Waals surface area contributed by atoms with E-state index in [-0.39, 0.29) is 63.5 Å². The fraction of sp³-hybridized carbons (Fsp3) is 0.686. The number of hydrogen-bond donors (Lipinski definition) is 3. The van der Waals surface area contributed by atoms with Crippen LogP contribution < -0.4 is 5.32 Å². The smallest absolute Gasteiger partial charge is 0.389 e. The number of alkyl halides is 3. The monoisotopic (exact) mass is 728 g/mol. The van der Waals surface area contributed by atoms with Crippen LogP contribution in [0.4, 0.5) is 13.2 Å². The highest BCUT2D eigenvalue weighted by molar-refractivity contribution is 7.92. The number of amidine groups is 1. The van der Waals surface area contributed by atoms with Crippen LogP contribution in [0.1, 0.15) is 104 Å². The van der Waals surface area contributed by atoms with Crippen LogP contribution in [-0.4, -0.2) is 109 Å². The van der Waals surface area contributed by atoms with Gasteiger partial charge in [0.2, 0.25) is 10.0 Å². The highest BCUT2D eigenvalue weighted by atomic mass is 32.2. The van der Waals surface area contributed by atoms with Crippen LogP contribution in [0.3, 0.4) is 0 Å². The van der Waals surface area contributed by atoms with Crippen LogP contribution in [0.5, 0.6) is 0 Å². The Labute approximate surface area is 293 Å². The van der Waals surface area contributed by atoms with Crippen LogP contribution in [-0.2, 0) is 19.6 Å². The SMILES string of the molecule is Cc1cc(C(=O)N2CCC(OC[C@H](O)CO)CC2)cc(C)c1/C=C/S(=O)(=O)N1CCC2(CC1)N=C(CCCCCCCCC(F)(F)F)NC2=O. The van der Waals surface area contributed by atoms with Gasteiger partial charge in [-0.1, -0.05) is 25.7 Å². The minimum absolute atomic E-state index is 0.0513. The van der Waals surface area contributed by atoms with Crippen molar-refractivity contribution >= 4 is 33.7 Å². The van der Waals surface area contributed by atoms with Crippen molar-refractivity contribution in [2.75, 3.05) is 39.4 Å². The molecule has 0 aromatic heterocycles. The first kappa shape index (κ1) is 39.9. The average molecular weight is 729 g/mol. The second-order valence-corrected chi connectivity index (χ2v) is 15.5. The minimum Gasteiger partial charge on any atom is -0.394 e. The Hall–Kier alpha value is -2.85. The van der Waals surface area contributed by atoms with E-state index in [2.05, 4.69) is 10.3 Å². The predicted octanol–water partition coefficient (Wildman–Crippen LogP) is 4.62. The zero-order valence-corrected chi connectivity index (χ0v) is 29.8. The molecule has 3 heterocycles. The maximum absolute atomic E-state index is 13.3. The number of carbonyl (C=O) groups excluding carboxylic acids is 2. The van der Waals surface area contributed by atoms with Gasteiger partial charge in [0.05, 0.1) is 19.3 Å². The number of carbonyl (C=O) groups is 2. The number of sulfonamides is 1. The van der Waals surface area contributed by atoms with Crippen LogP contribution in [0.15, 0.2) is 22.5 Å². The Morgan fingerprint density at radius 3 is 2.26 bits per heavy atom. The first-order valence-electron chi connectivity index (χ1n) is 17.6. The lowest BCUT2D eigenvalue weighted by Gasteiger charge is -2.34. The number of aliphatic hydroxyl groups excluding tert-OH is 2. The molecule has 50 heavy (non-hydrogen) atoms. The van der Waals surface area contributed by atoms with Crippen LogP contribution in [0, 0.1) is 13.8 Å². The second kappa shape index (κ2) is 17.6. The topological polar surface area (TPSA) is 149 Å². The molecule has 0 unspecified atom stereocenters. The van der Waals surface area contributed by atoms with Crippen molar-refractivity contribution in [3.63, 3.8) is 0 Å². The summed E-state index contributed by atoms with van der Waals surface area (Å²) in [7, 11) is -3.80. The van der Waals surface area contributed by atoms with Crippen molar-refractivity contribution in [1.29, 1.82) is 0 Å². The van der Waals surface area contributed by atoms with Gasteiger partial charge in [-0.25, -0.2) is 8.42 Å². The molecule has 3 aliphatic heterocycles. The molecule has 0 saturated carbocycles. The largest absolute Gasteiger partial charge is 0.394 e. The molecule has 2 fully saturated rings. The molecule has 2 saturated heterocycles. The van der Waals surface area contributed by atoms with E-state index in [1.165, 1.54) is 9.71 Å². The molecule has 0 aliphatic carbocycles. The van der Waals surface area contributed by atoms with Gasteiger partial charge in [0.1, 0.15) is 17.5 Å². The first-order valence-corrected chi connectivity index (χ1v) is 19.1. The summed E-state index contributed by atoms with van der Waals surface area (Å²) >= 11 is 0. The quantitative estimate of drug-likeness (QED) is 0.211. The molecular weight excluding hydrogens is 677 g/mol. The van der Waals surface area contributed by atoms with Crippen molar-refractivity contribution in [3.05, 3.63) is 39.8 Å². The predicted molar refractivity (Wildman–Crippen MR) is 184 cm³/mol. The number of unbranched alkanes of at least 4 members (excludes halogenated alkanes) is 5. The number of nitrogens with one attached hydrogen (secondary N) is 1. The van der Waals surface area contributed by atoms with Gasteiger partial charge in [-0.3, -0.25) is 14.6 Å². The van der Waals surface area contributed by atoms with Gasteiger partial charge in [0.25, 0.3) is 11.8 Å². The zero-order valence-electron chi connectivity index (χ0n) is 29.0. The number of aliphatic imine (C=N–C) groups is 1. The lowest BCUT2D eigenvalue weighted by molar-refractivity contribution is -0.135. The van der Waals surface area contributed by atoms with E-state index in [0.717, 1.165) is 36.8 Å². The number of likely N-dealkylation sites (tertiary alicyclic amines) is 1. The van der Waals surface area contributed by atoms with Crippen molar-refractivity contribution in [1.82, 2.24) is 14.5 Å². The number of halogens is 3. The van der Waals surface area contributed by atoms with Gasteiger partial charge in [-0.15, -0.1) is 0 Å². The molecule has 2 amide bonds. The number of hydrogen-bond acceptors (Lipinski definition) is 8. The molecule has 1 aromatic carbocycles. The Kier molecular flexibility index (Phi) is 14.0. The van der Waals surface area contributed by atoms with Crippen molar-refractivity contribution in [3.8, 4) is 0 Å². The molecular formula is C35H51F3N4O7S. The molecule has 1 atom stereocenters. The molecule has 3 aliphatic rings. The second-order valence-electron chi connectivity index (χ2n) is 13.7. The van der Waals surface area contributed by atoms with Crippen LogP contribution in [0.25, 0.3) is 6.08 Å². The number of ether oxygens (including phenoxy) is 1. The summed E-state index contributed by atoms with van der Waals surface area (Å²) in [6.45, 7) is 4.64. The number of aliphatic hydroxyl groups is 2. The maximum Gasteiger partial charge on any atom is 0.389 e. The summed E-state index contributed by atoms with van der Waals surface area (Å²) < 4.78 is 70.4. The molecule has 0 bridgehead atoms. The number of amides is 2. The Balaban J connectivity index is 1.25. The highest BCUT2D eigenvalue weighted by Gasteiger charge is 2.47.